The van der Waals surface area contributed by atoms with Gasteiger partial charge in [-0.25, -0.2) is 13.1 Å². The van der Waals surface area contributed by atoms with Crippen molar-refractivity contribution in [2.45, 2.75) is 24.6 Å². The van der Waals surface area contributed by atoms with Crippen LogP contribution >= 0.6 is 0 Å². The zero-order chi connectivity index (χ0) is 10.9. The summed E-state index contributed by atoms with van der Waals surface area (Å²) in [6, 6.07) is 7.12. The SMILES string of the molecule is Nc1cccc(CS(=O)(=O)NC2CC2)c1. The molecule has 5 heteroatoms. The van der Waals surface area contributed by atoms with Gasteiger partial charge in [-0.2, -0.15) is 0 Å². The normalized spacial score (nSPS) is 16.5. The Labute approximate surface area is 89.5 Å². The first-order valence-corrected chi connectivity index (χ1v) is 6.55. The number of nitrogens with one attached hydrogen (secondary N) is 1. The third kappa shape index (κ3) is 3.21. The lowest BCUT2D eigenvalue weighted by Gasteiger charge is -2.05. The quantitative estimate of drug-likeness (QED) is 0.748. The summed E-state index contributed by atoms with van der Waals surface area (Å²) in [5, 5.41) is 0. The highest BCUT2D eigenvalue weighted by Crippen LogP contribution is 2.20. The Balaban J connectivity index is 2.06. The third-order valence-electron chi connectivity index (χ3n) is 2.23. The minimum atomic E-state index is -3.19. The van der Waals surface area contributed by atoms with Gasteiger partial charge in [0.05, 0.1) is 5.75 Å². The largest absolute Gasteiger partial charge is 0.399 e. The Hall–Kier alpha value is -1.07. The van der Waals surface area contributed by atoms with E-state index < -0.39 is 10.0 Å². The molecule has 0 spiro atoms. The Morgan fingerprint density at radius 2 is 2.13 bits per heavy atom. The molecule has 1 aromatic rings. The van der Waals surface area contributed by atoms with E-state index in [0.717, 1.165) is 18.4 Å². The van der Waals surface area contributed by atoms with E-state index >= 15 is 0 Å². The van der Waals surface area contributed by atoms with Crippen molar-refractivity contribution in [3.63, 3.8) is 0 Å². The summed E-state index contributed by atoms with van der Waals surface area (Å²) in [5.41, 5.74) is 6.89. The Morgan fingerprint density at radius 3 is 2.73 bits per heavy atom. The fourth-order valence-corrected chi connectivity index (χ4v) is 2.84. The Morgan fingerprint density at radius 1 is 1.40 bits per heavy atom. The molecule has 0 aromatic heterocycles. The smallest absolute Gasteiger partial charge is 0.216 e. The second-order valence-corrected chi connectivity index (χ2v) is 5.65. The highest BCUT2D eigenvalue weighted by atomic mass is 32.2. The molecule has 82 valence electrons. The lowest BCUT2D eigenvalue weighted by Crippen LogP contribution is -2.27. The first-order chi connectivity index (χ1) is 7.05. The van der Waals surface area contributed by atoms with E-state index in [1.807, 2.05) is 0 Å². The highest BCUT2D eigenvalue weighted by Gasteiger charge is 2.26. The van der Waals surface area contributed by atoms with Gasteiger partial charge in [-0.1, -0.05) is 12.1 Å². The van der Waals surface area contributed by atoms with E-state index in [-0.39, 0.29) is 11.8 Å². The van der Waals surface area contributed by atoms with Gasteiger partial charge in [-0.05, 0) is 30.5 Å². The maximum Gasteiger partial charge on any atom is 0.216 e. The zero-order valence-corrected chi connectivity index (χ0v) is 9.13. The molecule has 0 heterocycles. The molecule has 15 heavy (non-hydrogen) atoms. The zero-order valence-electron chi connectivity index (χ0n) is 8.31. The predicted octanol–water partition coefficient (Wildman–Crippen LogP) is 0.851. The molecule has 1 saturated carbocycles. The van der Waals surface area contributed by atoms with E-state index in [2.05, 4.69) is 4.72 Å². The number of nitrogens with two attached hydrogens (primary N) is 1. The van der Waals surface area contributed by atoms with Crippen LogP contribution in [0.5, 0.6) is 0 Å². The lowest BCUT2D eigenvalue weighted by atomic mass is 10.2. The van der Waals surface area contributed by atoms with Gasteiger partial charge in [-0.15, -0.1) is 0 Å². The number of sulfonamides is 1. The van der Waals surface area contributed by atoms with Gasteiger partial charge in [0, 0.05) is 11.7 Å². The topological polar surface area (TPSA) is 72.2 Å². The molecule has 4 nitrogen and oxygen atoms in total. The third-order valence-corrected chi connectivity index (χ3v) is 3.64. The first kappa shape index (κ1) is 10.4. The average molecular weight is 226 g/mol. The molecule has 0 saturated heterocycles. The molecule has 0 amide bonds. The van der Waals surface area contributed by atoms with Crippen molar-refractivity contribution >= 4 is 15.7 Å². The molecule has 0 bridgehead atoms. The van der Waals surface area contributed by atoms with Crippen LogP contribution in [0.1, 0.15) is 18.4 Å². The van der Waals surface area contributed by atoms with E-state index in [1.165, 1.54) is 0 Å². The van der Waals surface area contributed by atoms with Crippen molar-refractivity contribution in [3.05, 3.63) is 29.8 Å². The van der Waals surface area contributed by atoms with Crippen molar-refractivity contribution in [1.82, 2.24) is 4.72 Å². The summed E-state index contributed by atoms with van der Waals surface area (Å²) >= 11 is 0. The highest BCUT2D eigenvalue weighted by molar-refractivity contribution is 7.88. The molecule has 0 aliphatic heterocycles. The molecule has 0 unspecified atom stereocenters. The molecule has 1 aromatic carbocycles. The van der Waals surface area contributed by atoms with Crippen LogP contribution in [0.25, 0.3) is 0 Å². The van der Waals surface area contributed by atoms with Crippen LogP contribution in [0.15, 0.2) is 24.3 Å². The molecule has 1 aliphatic carbocycles. The van der Waals surface area contributed by atoms with Crippen molar-refractivity contribution in [2.75, 3.05) is 5.73 Å². The van der Waals surface area contributed by atoms with Crippen LogP contribution < -0.4 is 10.5 Å². The lowest BCUT2D eigenvalue weighted by molar-refractivity contribution is 0.580. The van der Waals surface area contributed by atoms with Crippen LogP contribution in [0, 0.1) is 0 Å². The van der Waals surface area contributed by atoms with Gasteiger partial charge in [0.2, 0.25) is 10.0 Å². The molecular formula is C10H14N2O2S. The van der Waals surface area contributed by atoms with Crippen molar-refractivity contribution in [3.8, 4) is 0 Å². The predicted molar refractivity (Wildman–Crippen MR) is 59.6 cm³/mol. The van der Waals surface area contributed by atoms with Gasteiger partial charge in [0.1, 0.15) is 0 Å². The van der Waals surface area contributed by atoms with Gasteiger partial charge >= 0.3 is 0 Å². The number of anilines is 1. The van der Waals surface area contributed by atoms with Crippen LogP contribution in [0.4, 0.5) is 5.69 Å². The Kier molecular flexibility index (Phi) is 2.67. The summed E-state index contributed by atoms with van der Waals surface area (Å²) in [5.74, 6) is 0.00847. The number of benzene rings is 1. The minimum Gasteiger partial charge on any atom is -0.399 e. The number of hydrogen-bond acceptors (Lipinski definition) is 3. The van der Waals surface area contributed by atoms with Crippen LogP contribution in [-0.4, -0.2) is 14.5 Å². The van der Waals surface area contributed by atoms with E-state index in [1.54, 1.807) is 24.3 Å². The number of nitrogen functional groups attached to an aromatic ring is 1. The maximum absolute atomic E-state index is 11.6. The standard InChI is InChI=1S/C10H14N2O2S/c11-9-3-1-2-8(6-9)7-15(13,14)12-10-4-5-10/h1-3,6,10,12H,4-5,7,11H2. The van der Waals surface area contributed by atoms with Gasteiger partial charge in [-0.3, -0.25) is 0 Å². The van der Waals surface area contributed by atoms with Crippen molar-refractivity contribution in [1.29, 1.82) is 0 Å². The maximum atomic E-state index is 11.6. The second-order valence-electron chi connectivity index (χ2n) is 3.90. The summed E-state index contributed by atoms with van der Waals surface area (Å²) in [4.78, 5) is 0. The van der Waals surface area contributed by atoms with Crippen molar-refractivity contribution in [2.24, 2.45) is 0 Å². The molecule has 1 fully saturated rings. The summed E-state index contributed by atoms with van der Waals surface area (Å²) in [6.45, 7) is 0. The average Bonchev–Trinajstić information content (AvgIpc) is 2.86. The monoisotopic (exact) mass is 226 g/mol. The van der Waals surface area contributed by atoms with Crippen LogP contribution in [0.3, 0.4) is 0 Å². The fourth-order valence-electron chi connectivity index (χ4n) is 1.40. The van der Waals surface area contributed by atoms with E-state index in [0.29, 0.717) is 5.69 Å². The number of hydrogen-bond donors (Lipinski definition) is 2. The minimum absolute atomic E-state index is 0.00847. The van der Waals surface area contributed by atoms with Crippen LogP contribution in [-0.2, 0) is 15.8 Å². The molecule has 2 rings (SSSR count). The molecule has 0 atom stereocenters. The molecule has 0 radical (unpaired) electrons. The summed E-state index contributed by atoms with van der Waals surface area (Å²) in [7, 11) is -3.19. The number of rotatable bonds is 4. The van der Waals surface area contributed by atoms with Gasteiger partial charge in [0.15, 0.2) is 0 Å². The second kappa shape index (κ2) is 3.83. The van der Waals surface area contributed by atoms with Gasteiger partial charge < -0.3 is 5.73 Å². The molecule has 1 aliphatic rings. The van der Waals surface area contributed by atoms with Crippen LogP contribution in [0.2, 0.25) is 0 Å². The summed E-state index contributed by atoms with van der Waals surface area (Å²) < 4.78 is 25.8. The Bertz CT molecular complexity index is 452. The van der Waals surface area contributed by atoms with Gasteiger partial charge in [0.25, 0.3) is 0 Å². The summed E-state index contributed by atoms with van der Waals surface area (Å²) in [6.07, 6.45) is 1.91. The first-order valence-electron chi connectivity index (χ1n) is 4.89. The molecule has 3 N–H and O–H groups in total. The van der Waals surface area contributed by atoms with E-state index in [9.17, 15) is 8.42 Å². The van der Waals surface area contributed by atoms with Crippen molar-refractivity contribution < 1.29 is 8.42 Å². The fraction of sp³-hybridized carbons (Fsp3) is 0.400. The van der Waals surface area contributed by atoms with E-state index in [4.69, 9.17) is 5.73 Å². The molecular weight excluding hydrogens is 212 g/mol.